The van der Waals surface area contributed by atoms with Gasteiger partial charge in [0.1, 0.15) is 0 Å². The molecule has 148 valence electrons. The van der Waals surface area contributed by atoms with Gasteiger partial charge in [0.05, 0.1) is 31.4 Å². The molecule has 27 heavy (non-hydrogen) atoms. The van der Waals surface area contributed by atoms with Gasteiger partial charge in [-0.05, 0) is 44.4 Å². The van der Waals surface area contributed by atoms with Gasteiger partial charge in [0.2, 0.25) is 0 Å². The van der Waals surface area contributed by atoms with E-state index in [1.54, 1.807) is 19.1 Å². The van der Waals surface area contributed by atoms with Crippen molar-refractivity contribution in [1.29, 1.82) is 0 Å². The second-order valence-electron chi connectivity index (χ2n) is 6.63. The number of ether oxygens (including phenoxy) is 3. The Hall–Kier alpha value is -2.70. The molecule has 1 aromatic rings. The first-order valence-corrected chi connectivity index (χ1v) is 9.22. The molecule has 0 aliphatic carbocycles. The Labute approximate surface area is 160 Å². The second kappa shape index (κ2) is 9.30. The van der Waals surface area contributed by atoms with Gasteiger partial charge in [-0.15, -0.1) is 0 Å². The second-order valence-corrected chi connectivity index (χ2v) is 6.63. The van der Waals surface area contributed by atoms with Gasteiger partial charge in [-0.25, -0.2) is 9.59 Å². The number of benzene rings is 1. The monoisotopic (exact) mass is 376 g/mol. The summed E-state index contributed by atoms with van der Waals surface area (Å²) in [4.78, 5) is 24.7. The molecule has 1 aliphatic rings. The predicted molar refractivity (Wildman–Crippen MR) is 102 cm³/mol. The van der Waals surface area contributed by atoms with Crippen LogP contribution in [0.3, 0.4) is 0 Å². The summed E-state index contributed by atoms with van der Waals surface area (Å²) >= 11 is 0. The van der Waals surface area contributed by atoms with Crippen LogP contribution < -0.4 is 20.1 Å². The first-order valence-electron chi connectivity index (χ1n) is 9.22. The lowest BCUT2D eigenvalue weighted by atomic mass is 9.95. The van der Waals surface area contributed by atoms with Crippen LogP contribution in [0.2, 0.25) is 0 Å². The Bertz CT molecular complexity index is 727. The smallest absolute Gasteiger partial charge is 0.338 e. The zero-order valence-electron chi connectivity index (χ0n) is 16.5. The average Bonchev–Trinajstić information content (AvgIpc) is 2.61. The van der Waals surface area contributed by atoms with Crippen LogP contribution in [0.4, 0.5) is 4.79 Å². The summed E-state index contributed by atoms with van der Waals surface area (Å²) in [6, 6.07) is 4.38. The fourth-order valence-corrected chi connectivity index (χ4v) is 2.78. The van der Waals surface area contributed by atoms with Gasteiger partial charge >= 0.3 is 12.0 Å². The maximum absolute atomic E-state index is 12.7. The molecule has 0 saturated carbocycles. The summed E-state index contributed by atoms with van der Waals surface area (Å²) in [6.45, 7) is 10.7. The zero-order chi connectivity index (χ0) is 20.0. The van der Waals surface area contributed by atoms with Gasteiger partial charge in [-0.1, -0.05) is 19.9 Å². The molecule has 2 N–H and O–H groups in total. The largest absolute Gasteiger partial charge is 0.490 e. The molecule has 0 radical (unpaired) electrons. The van der Waals surface area contributed by atoms with E-state index in [2.05, 4.69) is 10.6 Å². The molecule has 7 nitrogen and oxygen atoms in total. The number of amides is 2. The molecule has 0 spiro atoms. The third-order valence-corrected chi connectivity index (χ3v) is 3.94. The minimum atomic E-state index is -0.631. The Kier molecular flexibility index (Phi) is 7.10. The highest BCUT2D eigenvalue weighted by atomic mass is 16.5. The van der Waals surface area contributed by atoms with E-state index in [9.17, 15) is 9.59 Å². The maximum atomic E-state index is 12.7. The van der Waals surface area contributed by atoms with Crippen LogP contribution in [0.25, 0.3) is 0 Å². The first-order chi connectivity index (χ1) is 12.9. The van der Waals surface area contributed by atoms with E-state index in [-0.39, 0.29) is 11.9 Å². The highest BCUT2D eigenvalue weighted by molar-refractivity contribution is 5.95. The quantitative estimate of drug-likeness (QED) is 0.680. The average molecular weight is 376 g/mol. The van der Waals surface area contributed by atoms with Gasteiger partial charge < -0.3 is 24.8 Å². The Balaban J connectivity index is 2.40. The van der Waals surface area contributed by atoms with E-state index in [1.165, 1.54) is 0 Å². The molecule has 2 amide bonds. The fraction of sp³-hybridized carbons (Fsp3) is 0.500. The molecule has 1 aromatic carbocycles. The Morgan fingerprint density at radius 1 is 1.15 bits per heavy atom. The van der Waals surface area contributed by atoms with Crippen LogP contribution in [0.5, 0.6) is 11.5 Å². The summed E-state index contributed by atoms with van der Waals surface area (Å²) in [7, 11) is 0. The van der Waals surface area contributed by atoms with E-state index in [0.717, 1.165) is 0 Å². The zero-order valence-corrected chi connectivity index (χ0v) is 16.5. The third-order valence-electron chi connectivity index (χ3n) is 3.94. The van der Waals surface area contributed by atoms with Crippen molar-refractivity contribution >= 4 is 12.0 Å². The van der Waals surface area contributed by atoms with Crippen molar-refractivity contribution in [2.45, 2.75) is 40.7 Å². The van der Waals surface area contributed by atoms with Crippen LogP contribution in [0, 0.1) is 5.92 Å². The number of carbonyl (C=O) groups is 2. The van der Waals surface area contributed by atoms with E-state index >= 15 is 0 Å². The minimum Gasteiger partial charge on any atom is -0.490 e. The number of allylic oxidation sites excluding steroid dienone is 1. The van der Waals surface area contributed by atoms with E-state index in [4.69, 9.17) is 14.2 Å². The molecule has 1 heterocycles. The topological polar surface area (TPSA) is 85.9 Å². The number of carbonyl (C=O) groups excluding carboxylic acids is 2. The molecular weight excluding hydrogens is 348 g/mol. The van der Waals surface area contributed by atoms with Crippen molar-refractivity contribution in [3.8, 4) is 11.5 Å². The van der Waals surface area contributed by atoms with Crippen molar-refractivity contribution in [2.75, 3.05) is 19.8 Å². The molecule has 1 unspecified atom stereocenters. The maximum Gasteiger partial charge on any atom is 0.338 e. The number of hydrogen-bond donors (Lipinski definition) is 2. The normalized spacial score (nSPS) is 16.7. The van der Waals surface area contributed by atoms with Crippen LogP contribution in [-0.2, 0) is 9.53 Å². The molecule has 0 aromatic heterocycles. The minimum absolute atomic E-state index is 0.217. The molecule has 2 rings (SSSR count). The summed E-state index contributed by atoms with van der Waals surface area (Å²) in [5, 5.41) is 5.44. The Morgan fingerprint density at radius 3 is 2.44 bits per heavy atom. The number of esters is 1. The van der Waals surface area contributed by atoms with E-state index in [0.29, 0.717) is 48.2 Å². The first kappa shape index (κ1) is 20.6. The molecule has 1 atom stereocenters. The Morgan fingerprint density at radius 2 is 1.81 bits per heavy atom. The number of urea groups is 1. The van der Waals surface area contributed by atoms with Crippen molar-refractivity contribution in [3.05, 3.63) is 35.0 Å². The summed E-state index contributed by atoms with van der Waals surface area (Å²) < 4.78 is 16.6. The molecule has 7 heteroatoms. The van der Waals surface area contributed by atoms with Crippen LogP contribution in [-0.4, -0.2) is 31.8 Å². The fourth-order valence-electron chi connectivity index (χ4n) is 2.78. The summed E-state index contributed by atoms with van der Waals surface area (Å²) in [5.41, 5.74) is 1.57. The van der Waals surface area contributed by atoms with Gasteiger partial charge in [0.15, 0.2) is 11.5 Å². The van der Waals surface area contributed by atoms with Crippen LogP contribution >= 0.6 is 0 Å². The SMILES string of the molecule is CCOc1ccc(C2NC(=O)NC(C)=C2C(=O)OCC(C)C)cc1OCC. The molecular formula is C20H28N2O5. The van der Waals surface area contributed by atoms with Crippen molar-refractivity contribution in [3.63, 3.8) is 0 Å². The lowest BCUT2D eigenvalue weighted by Crippen LogP contribution is -2.45. The van der Waals surface area contributed by atoms with E-state index < -0.39 is 12.0 Å². The lowest BCUT2D eigenvalue weighted by molar-refractivity contribution is -0.140. The summed E-state index contributed by atoms with van der Waals surface area (Å²) in [6.07, 6.45) is 0. The van der Waals surface area contributed by atoms with Crippen LogP contribution in [0.15, 0.2) is 29.5 Å². The van der Waals surface area contributed by atoms with Gasteiger partial charge in [-0.2, -0.15) is 0 Å². The number of rotatable bonds is 8. The standard InChI is InChI=1S/C20H28N2O5/c1-6-25-15-9-8-14(10-16(15)26-7-2)18-17(13(5)21-20(24)22-18)19(23)27-11-12(3)4/h8-10,12,18H,6-7,11H2,1-5H3,(H2,21,22,24). The van der Waals surface area contributed by atoms with E-state index in [1.807, 2.05) is 33.8 Å². The van der Waals surface area contributed by atoms with Crippen molar-refractivity contribution < 1.29 is 23.8 Å². The highest BCUT2D eigenvalue weighted by Crippen LogP contribution is 2.34. The number of hydrogen-bond acceptors (Lipinski definition) is 5. The highest BCUT2D eigenvalue weighted by Gasteiger charge is 2.32. The van der Waals surface area contributed by atoms with Crippen molar-refractivity contribution in [2.24, 2.45) is 5.92 Å². The van der Waals surface area contributed by atoms with Gasteiger partial charge in [0.25, 0.3) is 0 Å². The molecule has 0 saturated heterocycles. The van der Waals surface area contributed by atoms with Crippen LogP contribution in [0.1, 0.15) is 46.2 Å². The molecule has 0 bridgehead atoms. The van der Waals surface area contributed by atoms with Gasteiger partial charge in [-0.3, -0.25) is 0 Å². The third kappa shape index (κ3) is 5.15. The predicted octanol–water partition coefficient (Wildman–Crippen LogP) is 3.31. The van der Waals surface area contributed by atoms with Crippen molar-refractivity contribution in [1.82, 2.24) is 10.6 Å². The lowest BCUT2D eigenvalue weighted by Gasteiger charge is -2.28. The molecule has 0 fully saturated rings. The molecule has 1 aliphatic heterocycles. The van der Waals surface area contributed by atoms with Gasteiger partial charge in [0, 0.05) is 5.70 Å². The summed E-state index contributed by atoms with van der Waals surface area (Å²) in [5.74, 6) is 0.949. The number of nitrogens with one attached hydrogen (secondary N) is 2.